The van der Waals surface area contributed by atoms with Crippen LogP contribution in [0.4, 0.5) is 0 Å². The van der Waals surface area contributed by atoms with Crippen LogP contribution in [0.1, 0.15) is 25.3 Å². The van der Waals surface area contributed by atoms with Gasteiger partial charge in [0, 0.05) is 24.2 Å². The van der Waals surface area contributed by atoms with Crippen molar-refractivity contribution in [1.29, 1.82) is 0 Å². The fourth-order valence-electron chi connectivity index (χ4n) is 2.56. The van der Waals surface area contributed by atoms with Crippen LogP contribution in [0.3, 0.4) is 0 Å². The lowest BCUT2D eigenvalue weighted by molar-refractivity contribution is -0.131. The molecule has 1 fully saturated rings. The molecule has 1 aromatic carbocycles. The minimum atomic E-state index is 0. The van der Waals surface area contributed by atoms with Crippen molar-refractivity contribution in [2.75, 3.05) is 13.1 Å². The van der Waals surface area contributed by atoms with Crippen LogP contribution in [-0.2, 0) is 11.2 Å². The Morgan fingerprint density at radius 1 is 1.35 bits per heavy atom. The Bertz CT molecular complexity index is 426. The maximum Gasteiger partial charge on any atom is 0.226 e. The highest BCUT2D eigenvalue weighted by atomic mass is 35.5. The van der Waals surface area contributed by atoms with E-state index < -0.39 is 0 Å². The van der Waals surface area contributed by atoms with E-state index in [9.17, 15) is 4.79 Å². The van der Waals surface area contributed by atoms with Gasteiger partial charge >= 0.3 is 0 Å². The van der Waals surface area contributed by atoms with E-state index in [2.05, 4.69) is 6.92 Å². The first-order chi connectivity index (χ1) is 9.06. The van der Waals surface area contributed by atoms with Gasteiger partial charge in [-0.3, -0.25) is 4.79 Å². The molecule has 0 bridgehead atoms. The summed E-state index contributed by atoms with van der Waals surface area (Å²) in [7, 11) is 0. The number of nitrogens with two attached hydrogens (primary N) is 1. The molecule has 112 valence electrons. The number of hydrogen-bond acceptors (Lipinski definition) is 2. The summed E-state index contributed by atoms with van der Waals surface area (Å²) in [5, 5.41) is 0.703. The van der Waals surface area contributed by atoms with E-state index in [4.69, 9.17) is 17.3 Å². The van der Waals surface area contributed by atoms with Crippen molar-refractivity contribution in [1.82, 2.24) is 4.90 Å². The van der Waals surface area contributed by atoms with E-state index in [1.165, 1.54) is 0 Å². The second-order valence-electron chi connectivity index (χ2n) is 5.38. The second-order valence-corrected chi connectivity index (χ2v) is 5.82. The van der Waals surface area contributed by atoms with Gasteiger partial charge in [0.05, 0.1) is 6.42 Å². The average molecular weight is 317 g/mol. The highest BCUT2D eigenvalue weighted by Crippen LogP contribution is 2.20. The van der Waals surface area contributed by atoms with Gasteiger partial charge in [-0.15, -0.1) is 12.4 Å². The molecule has 1 amide bonds. The number of piperidine rings is 1. The topological polar surface area (TPSA) is 46.3 Å². The summed E-state index contributed by atoms with van der Waals surface area (Å²) in [5.74, 6) is 0.755. The first kappa shape index (κ1) is 17.3. The molecule has 1 unspecified atom stereocenters. The first-order valence-corrected chi connectivity index (χ1v) is 7.22. The van der Waals surface area contributed by atoms with Crippen molar-refractivity contribution in [3.05, 3.63) is 34.9 Å². The number of carbonyl (C=O) groups excluding carboxylic acids is 1. The molecule has 0 aromatic heterocycles. The lowest BCUT2D eigenvalue weighted by Crippen LogP contribution is -2.43. The van der Waals surface area contributed by atoms with Gasteiger partial charge in [0.1, 0.15) is 0 Å². The average Bonchev–Trinajstić information content (AvgIpc) is 2.41. The molecule has 20 heavy (non-hydrogen) atoms. The van der Waals surface area contributed by atoms with Crippen LogP contribution in [0.2, 0.25) is 5.02 Å². The fraction of sp³-hybridized carbons (Fsp3) is 0.533. The summed E-state index contributed by atoms with van der Waals surface area (Å²) in [5.41, 5.74) is 6.93. The Morgan fingerprint density at radius 2 is 1.90 bits per heavy atom. The van der Waals surface area contributed by atoms with Gasteiger partial charge in [0.25, 0.3) is 0 Å². The van der Waals surface area contributed by atoms with Crippen LogP contribution in [0.5, 0.6) is 0 Å². The van der Waals surface area contributed by atoms with Crippen molar-refractivity contribution in [2.45, 2.75) is 32.2 Å². The molecule has 1 heterocycles. The molecule has 0 aliphatic carbocycles. The van der Waals surface area contributed by atoms with Crippen LogP contribution < -0.4 is 5.73 Å². The molecule has 1 aliphatic rings. The van der Waals surface area contributed by atoms with Gasteiger partial charge in [0.2, 0.25) is 5.91 Å². The van der Waals surface area contributed by atoms with E-state index in [1.54, 1.807) is 0 Å². The van der Waals surface area contributed by atoms with Crippen molar-refractivity contribution >= 4 is 29.9 Å². The predicted molar refractivity (Wildman–Crippen MR) is 85.4 cm³/mol. The Balaban J connectivity index is 0.00000200. The third-order valence-corrected chi connectivity index (χ3v) is 4.16. The molecule has 0 radical (unpaired) electrons. The molecule has 2 N–H and O–H groups in total. The van der Waals surface area contributed by atoms with Crippen molar-refractivity contribution < 1.29 is 4.79 Å². The van der Waals surface area contributed by atoms with Gasteiger partial charge < -0.3 is 10.6 Å². The molecule has 0 spiro atoms. The molecule has 3 nitrogen and oxygen atoms in total. The summed E-state index contributed by atoms with van der Waals surface area (Å²) < 4.78 is 0. The highest BCUT2D eigenvalue weighted by Gasteiger charge is 2.24. The Morgan fingerprint density at radius 3 is 2.40 bits per heavy atom. The SMILES string of the molecule is CC(N)C1CCN(C(=O)Cc2ccc(Cl)cc2)CC1.Cl. The number of amides is 1. The zero-order chi connectivity index (χ0) is 13.8. The quantitative estimate of drug-likeness (QED) is 0.932. The maximum absolute atomic E-state index is 12.2. The van der Waals surface area contributed by atoms with Crippen molar-refractivity contribution in [3.8, 4) is 0 Å². The van der Waals surface area contributed by atoms with Crippen LogP contribution in [0, 0.1) is 5.92 Å². The minimum Gasteiger partial charge on any atom is -0.342 e. The predicted octanol–water partition coefficient (Wildman–Crippen LogP) is 2.89. The largest absolute Gasteiger partial charge is 0.342 e. The molecule has 5 heteroatoms. The van der Waals surface area contributed by atoms with Crippen LogP contribution in [0.25, 0.3) is 0 Å². The minimum absolute atomic E-state index is 0. The number of carbonyl (C=O) groups is 1. The second kappa shape index (κ2) is 7.87. The van der Waals surface area contributed by atoms with Gasteiger partial charge in [-0.05, 0) is 43.4 Å². The van der Waals surface area contributed by atoms with E-state index >= 15 is 0 Å². The third kappa shape index (κ3) is 4.65. The first-order valence-electron chi connectivity index (χ1n) is 6.84. The number of halogens is 2. The molecule has 1 aliphatic heterocycles. The summed E-state index contributed by atoms with van der Waals surface area (Å²) in [4.78, 5) is 14.1. The van der Waals surface area contributed by atoms with E-state index in [0.717, 1.165) is 31.5 Å². The Hall–Kier alpha value is -0.770. The number of nitrogens with zero attached hydrogens (tertiary/aromatic N) is 1. The monoisotopic (exact) mass is 316 g/mol. The van der Waals surface area contributed by atoms with Crippen molar-refractivity contribution in [3.63, 3.8) is 0 Å². The maximum atomic E-state index is 12.2. The molecule has 1 saturated heterocycles. The van der Waals surface area contributed by atoms with Gasteiger partial charge in [0.15, 0.2) is 0 Å². The van der Waals surface area contributed by atoms with Gasteiger partial charge in [-0.1, -0.05) is 23.7 Å². The van der Waals surface area contributed by atoms with E-state index in [-0.39, 0.29) is 24.4 Å². The molecule has 1 atom stereocenters. The Kier molecular flexibility index (Phi) is 6.80. The van der Waals surface area contributed by atoms with E-state index in [0.29, 0.717) is 17.4 Å². The highest BCUT2D eigenvalue weighted by molar-refractivity contribution is 6.30. The third-order valence-electron chi connectivity index (χ3n) is 3.90. The van der Waals surface area contributed by atoms with Gasteiger partial charge in [-0.2, -0.15) is 0 Å². The summed E-state index contributed by atoms with van der Waals surface area (Å²) >= 11 is 5.84. The van der Waals surface area contributed by atoms with Gasteiger partial charge in [-0.25, -0.2) is 0 Å². The standard InChI is InChI=1S/C15H21ClN2O.ClH/c1-11(17)13-6-8-18(9-7-13)15(19)10-12-2-4-14(16)5-3-12;/h2-5,11,13H,6-10,17H2,1H3;1H. The number of benzene rings is 1. The van der Waals surface area contributed by atoms with Crippen molar-refractivity contribution in [2.24, 2.45) is 11.7 Å². The number of rotatable bonds is 3. The molecule has 2 rings (SSSR count). The normalized spacial score (nSPS) is 17.4. The lowest BCUT2D eigenvalue weighted by Gasteiger charge is -2.33. The Labute approximate surface area is 131 Å². The van der Waals surface area contributed by atoms with Crippen LogP contribution in [-0.4, -0.2) is 29.9 Å². The smallest absolute Gasteiger partial charge is 0.226 e. The molecule has 0 saturated carbocycles. The zero-order valence-corrected chi connectivity index (χ0v) is 13.3. The number of likely N-dealkylation sites (tertiary alicyclic amines) is 1. The van der Waals surface area contributed by atoms with Crippen LogP contribution >= 0.6 is 24.0 Å². The summed E-state index contributed by atoms with van der Waals surface area (Å²) in [6.45, 7) is 3.72. The summed E-state index contributed by atoms with van der Waals surface area (Å²) in [6, 6.07) is 7.71. The fourth-order valence-corrected chi connectivity index (χ4v) is 2.69. The molecule has 1 aromatic rings. The lowest BCUT2D eigenvalue weighted by atomic mass is 9.91. The number of hydrogen-bond donors (Lipinski definition) is 1. The van der Waals surface area contributed by atoms with E-state index in [1.807, 2.05) is 29.2 Å². The zero-order valence-electron chi connectivity index (χ0n) is 11.7. The summed E-state index contributed by atoms with van der Waals surface area (Å²) in [6.07, 6.45) is 2.49. The molecular weight excluding hydrogens is 295 g/mol. The van der Waals surface area contributed by atoms with Crippen LogP contribution in [0.15, 0.2) is 24.3 Å². The molecular formula is C15H22Cl2N2O.